The normalized spacial score (nSPS) is 18.0. The van der Waals surface area contributed by atoms with Crippen LogP contribution in [0.5, 0.6) is 0 Å². The van der Waals surface area contributed by atoms with Gasteiger partial charge in [0.25, 0.3) is 6.33 Å². The molecular formula is C23H34N5OS+. The van der Waals surface area contributed by atoms with Crippen LogP contribution in [-0.2, 0) is 23.7 Å². The van der Waals surface area contributed by atoms with Gasteiger partial charge >= 0.3 is 0 Å². The van der Waals surface area contributed by atoms with Crippen molar-refractivity contribution in [1.29, 1.82) is 0 Å². The number of imidazole rings is 2. The number of rotatable bonds is 5. The molecule has 1 saturated heterocycles. The van der Waals surface area contributed by atoms with E-state index in [-0.39, 0.29) is 5.41 Å². The third-order valence-electron chi connectivity index (χ3n) is 5.74. The van der Waals surface area contributed by atoms with Crippen molar-refractivity contribution in [3.05, 3.63) is 42.7 Å². The minimum absolute atomic E-state index is 0.000947. The average Bonchev–Trinajstić information content (AvgIpc) is 3.15. The lowest BCUT2D eigenvalue weighted by Gasteiger charge is -2.23. The summed E-state index contributed by atoms with van der Waals surface area (Å²) in [6, 6.07) is 6.67. The maximum Gasteiger partial charge on any atom is 0.256 e. The summed E-state index contributed by atoms with van der Waals surface area (Å²) in [6.45, 7) is 9.59. The predicted molar refractivity (Wildman–Crippen MR) is 124 cm³/mol. The summed E-state index contributed by atoms with van der Waals surface area (Å²) in [6.07, 6.45) is 9.68. The molecule has 30 heavy (non-hydrogen) atoms. The Balaban J connectivity index is 1.64. The Morgan fingerprint density at radius 2 is 2.10 bits per heavy atom. The number of ether oxygens (including phenoxy) is 1. The van der Waals surface area contributed by atoms with Crippen LogP contribution in [0, 0.1) is 5.92 Å². The summed E-state index contributed by atoms with van der Waals surface area (Å²) < 4.78 is 14.5. The van der Waals surface area contributed by atoms with Gasteiger partial charge in [0.15, 0.2) is 12.1 Å². The fourth-order valence-electron chi connectivity index (χ4n) is 4.15. The molecule has 0 N–H and O–H groups in total. The minimum Gasteiger partial charge on any atom is -0.381 e. The summed E-state index contributed by atoms with van der Waals surface area (Å²) in [5.74, 6) is 1.82. The zero-order valence-electron chi connectivity index (χ0n) is 18.8. The van der Waals surface area contributed by atoms with Crippen molar-refractivity contribution >= 4 is 28.9 Å². The Bertz CT molecular complexity index is 995. The molecule has 2 aromatic heterocycles. The number of hydrogen-bond acceptors (Lipinski definition) is 4. The van der Waals surface area contributed by atoms with Crippen molar-refractivity contribution in [3.63, 3.8) is 0 Å². The number of aromatic nitrogens is 4. The standard InChI is InChI=1S/C23H34N5OS/c1-23(2,3)22-24-20-15-19(26(5)30-27-12-11-25(4)17-27)8-9-21(20)28(22)16-18-7-6-13-29-14-10-18/h8-9,11-12,15,17-18H,6-7,10,13-14,16H2,1-5H3/q+1. The lowest BCUT2D eigenvalue weighted by molar-refractivity contribution is -0.670. The third kappa shape index (κ3) is 4.67. The molecule has 162 valence electrons. The zero-order valence-corrected chi connectivity index (χ0v) is 19.7. The van der Waals surface area contributed by atoms with Crippen LogP contribution in [0.25, 0.3) is 11.0 Å². The molecule has 1 unspecified atom stereocenters. The molecule has 3 aromatic rings. The lowest BCUT2D eigenvalue weighted by atomic mass is 9.94. The van der Waals surface area contributed by atoms with Crippen molar-refractivity contribution in [2.24, 2.45) is 13.0 Å². The van der Waals surface area contributed by atoms with Crippen LogP contribution in [0.3, 0.4) is 0 Å². The summed E-state index contributed by atoms with van der Waals surface area (Å²) in [7, 11) is 4.13. The number of benzene rings is 1. The molecule has 4 rings (SSSR count). The van der Waals surface area contributed by atoms with Crippen LogP contribution in [-0.4, -0.2) is 33.8 Å². The summed E-state index contributed by atoms with van der Waals surface area (Å²) in [4.78, 5) is 5.11. The Hall–Kier alpha value is -1.99. The molecule has 1 aliphatic heterocycles. The number of fused-ring (bicyclic) bond motifs is 1. The highest BCUT2D eigenvalue weighted by Crippen LogP contribution is 2.32. The quantitative estimate of drug-likeness (QED) is 0.448. The van der Waals surface area contributed by atoms with Crippen LogP contribution in [0.2, 0.25) is 0 Å². The highest BCUT2D eigenvalue weighted by molar-refractivity contribution is 7.99. The van der Waals surface area contributed by atoms with Gasteiger partial charge in [-0.1, -0.05) is 20.8 Å². The molecule has 1 fully saturated rings. The van der Waals surface area contributed by atoms with Crippen LogP contribution >= 0.6 is 12.1 Å². The molecule has 0 spiro atoms. The van der Waals surface area contributed by atoms with Gasteiger partial charge in [-0.25, -0.2) is 9.55 Å². The first-order valence-electron chi connectivity index (χ1n) is 10.9. The second kappa shape index (κ2) is 8.63. The second-order valence-electron chi connectivity index (χ2n) is 9.40. The van der Waals surface area contributed by atoms with Crippen molar-refractivity contribution < 1.29 is 9.30 Å². The van der Waals surface area contributed by atoms with E-state index in [1.54, 1.807) is 12.1 Å². The van der Waals surface area contributed by atoms with E-state index in [0.29, 0.717) is 5.92 Å². The largest absolute Gasteiger partial charge is 0.381 e. The van der Waals surface area contributed by atoms with Gasteiger partial charge in [-0.3, -0.25) is 4.31 Å². The van der Waals surface area contributed by atoms with E-state index < -0.39 is 0 Å². The molecule has 0 bridgehead atoms. The van der Waals surface area contributed by atoms with Crippen LogP contribution in [0.4, 0.5) is 5.69 Å². The highest BCUT2D eigenvalue weighted by atomic mass is 32.2. The highest BCUT2D eigenvalue weighted by Gasteiger charge is 2.25. The summed E-state index contributed by atoms with van der Waals surface area (Å²) in [5, 5.41) is 0. The predicted octanol–water partition coefficient (Wildman–Crippen LogP) is 4.32. The van der Waals surface area contributed by atoms with E-state index >= 15 is 0 Å². The molecular weight excluding hydrogens is 394 g/mol. The fraction of sp³-hybridized carbons (Fsp3) is 0.565. The molecule has 1 atom stereocenters. The molecule has 6 nitrogen and oxygen atoms in total. The SMILES string of the molecule is CN(Sn1cc[n+](C)c1)c1ccc2c(c1)nc(C(C)(C)C)n2CC1CCCOCC1. The van der Waals surface area contributed by atoms with Crippen molar-refractivity contribution in [2.45, 2.75) is 52.0 Å². The molecule has 0 radical (unpaired) electrons. The van der Waals surface area contributed by atoms with Gasteiger partial charge < -0.3 is 9.30 Å². The molecule has 0 saturated carbocycles. The van der Waals surface area contributed by atoms with E-state index in [4.69, 9.17) is 9.72 Å². The zero-order chi connectivity index (χ0) is 21.3. The Morgan fingerprint density at radius 3 is 2.83 bits per heavy atom. The topological polar surface area (TPSA) is 39.1 Å². The maximum atomic E-state index is 5.69. The van der Waals surface area contributed by atoms with Crippen molar-refractivity contribution in [3.8, 4) is 0 Å². The van der Waals surface area contributed by atoms with Gasteiger partial charge in [0.05, 0.1) is 23.8 Å². The van der Waals surface area contributed by atoms with Gasteiger partial charge in [-0.05, 0) is 43.4 Å². The first-order chi connectivity index (χ1) is 14.3. The molecule has 1 aliphatic rings. The van der Waals surface area contributed by atoms with E-state index in [2.05, 4.69) is 71.4 Å². The molecule has 0 amide bonds. The van der Waals surface area contributed by atoms with Gasteiger partial charge in [0.2, 0.25) is 0 Å². The van der Waals surface area contributed by atoms with E-state index in [1.807, 2.05) is 17.8 Å². The monoisotopic (exact) mass is 428 g/mol. The number of anilines is 1. The van der Waals surface area contributed by atoms with Crippen LogP contribution in [0.1, 0.15) is 45.9 Å². The first kappa shape index (κ1) is 21.2. The smallest absolute Gasteiger partial charge is 0.256 e. The minimum atomic E-state index is 0.000947. The number of hydrogen-bond donors (Lipinski definition) is 0. The fourth-order valence-corrected chi connectivity index (χ4v) is 4.94. The Morgan fingerprint density at radius 1 is 1.27 bits per heavy atom. The van der Waals surface area contributed by atoms with Crippen molar-refractivity contribution in [1.82, 2.24) is 13.5 Å². The van der Waals surface area contributed by atoms with Gasteiger partial charge in [-0.15, -0.1) is 0 Å². The van der Waals surface area contributed by atoms with Gasteiger partial charge in [-0.2, -0.15) is 3.97 Å². The molecule has 1 aromatic carbocycles. The number of nitrogens with zero attached hydrogens (tertiary/aromatic N) is 5. The van der Waals surface area contributed by atoms with Gasteiger partial charge in [0.1, 0.15) is 18.2 Å². The van der Waals surface area contributed by atoms with E-state index in [9.17, 15) is 0 Å². The molecule has 0 aliphatic carbocycles. The number of aryl methyl sites for hydroxylation is 1. The van der Waals surface area contributed by atoms with Crippen molar-refractivity contribution in [2.75, 3.05) is 24.6 Å². The third-order valence-corrected chi connectivity index (χ3v) is 6.60. The Kier molecular flexibility index (Phi) is 6.11. The lowest BCUT2D eigenvalue weighted by Crippen LogP contribution is -2.23. The summed E-state index contributed by atoms with van der Waals surface area (Å²) in [5.41, 5.74) is 3.46. The maximum absolute atomic E-state index is 5.69. The second-order valence-corrected chi connectivity index (χ2v) is 10.5. The van der Waals surface area contributed by atoms with E-state index in [1.165, 1.54) is 17.8 Å². The molecule has 3 heterocycles. The van der Waals surface area contributed by atoms with Gasteiger partial charge in [0, 0.05) is 32.2 Å². The average molecular weight is 429 g/mol. The Labute approximate surface area is 184 Å². The first-order valence-corrected chi connectivity index (χ1v) is 11.6. The van der Waals surface area contributed by atoms with E-state index in [0.717, 1.165) is 43.8 Å². The van der Waals surface area contributed by atoms with Crippen LogP contribution < -0.4 is 8.87 Å². The molecule has 7 heteroatoms. The summed E-state index contributed by atoms with van der Waals surface area (Å²) >= 11 is 1.65. The van der Waals surface area contributed by atoms with Crippen LogP contribution in [0.15, 0.2) is 36.9 Å².